The maximum atomic E-state index is 12.6. The molecule has 0 amide bonds. The first-order chi connectivity index (χ1) is 6.09. The van der Waals surface area contributed by atoms with Crippen molar-refractivity contribution in [3.8, 4) is 0 Å². The lowest BCUT2D eigenvalue weighted by atomic mass is 9.97. The maximum absolute atomic E-state index is 12.6. The molecule has 1 atom stereocenters. The summed E-state index contributed by atoms with van der Waals surface area (Å²) in [5.74, 6) is 0.270. The van der Waals surface area contributed by atoms with Gasteiger partial charge in [0.05, 0.1) is 0 Å². The highest BCUT2D eigenvalue weighted by Crippen LogP contribution is 2.09. The maximum Gasteiger partial charge on any atom is 0.123 e. The summed E-state index contributed by atoms with van der Waals surface area (Å²) >= 11 is 0. The Balaban J connectivity index is 2.59. The SMILES string of the molecule is CC(C)[C@H](N)Cc1ccc(F)cc1. The van der Waals surface area contributed by atoms with Crippen LogP contribution in [0.25, 0.3) is 0 Å². The van der Waals surface area contributed by atoms with Gasteiger partial charge in [-0.3, -0.25) is 0 Å². The molecule has 0 fully saturated rings. The predicted octanol–water partition coefficient (Wildman–Crippen LogP) is 2.35. The normalized spacial score (nSPS) is 13.3. The van der Waals surface area contributed by atoms with Crippen LogP contribution < -0.4 is 5.73 Å². The van der Waals surface area contributed by atoms with Crippen molar-refractivity contribution in [2.24, 2.45) is 11.7 Å². The molecule has 1 rings (SSSR count). The van der Waals surface area contributed by atoms with Crippen LogP contribution in [-0.2, 0) is 6.42 Å². The fourth-order valence-corrected chi connectivity index (χ4v) is 1.13. The van der Waals surface area contributed by atoms with E-state index in [1.807, 2.05) is 0 Å². The summed E-state index contributed by atoms with van der Waals surface area (Å²) in [6.07, 6.45) is 0.817. The van der Waals surface area contributed by atoms with E-state index in [1.54, 1.807) is 12.1 Å². The fraction of sp³-hybridized carbons (Fsp3) is 0.455. The lowest BCUT2D eigenvalue weighted by Crippen LogP contribution is -2.28. The molecule has 0 aliphatic carbocycles. The van der Waals surface area contributed by atoms with Gasteiger partial charge in [-0.05, 0) is 30.0 Å². The molecule has 0 bridgehead atoms. The van der Waals surface area contributed by atoms with Crippen LogP contribution in [0, 0.1) is 11.7 Å². The first kappa shape index (κ1) is 10.2. The van der Waals surface area contributed by atoms with Crippen LogP contribution in [0.15, 0.2) is 24.3 Å². The molecule has 0 saturated heterocycles. The zero-order valence-electron chi connectivity index (χ0n) is 8.13. The lowest BCUT2D eigenvalue weighted by Gasteiger charge is -2.15. The third-order valence-corrected chi connectivity index (χ3v) is 2.24. The summed E-state index contributed by atoms with van der Waals surface area (Å²) in [6, 6.07) is 6.69. The standard InChI is InChI=1S/C11H16FN/c1-8(2)11(13)7-9-3-5-10(12)6-4-9/h3-6,8,11H,7,13H2,1-2H3/t11-/m1/s1. The van der Waals surface area contributed by atoms with Crippen LogP contribution >= 0.6 is 0 Å². The largest absolute Gasteiger partial charge is 0.327 e. The van der Waals surface area contributed by atoms with E-state index in [1.165, 1.54) is 12.1 Å². The summed E-state index contributed by atoms with van der Waals surface area (Å²) in [7, 11) is 0. The summed E-state index contributed by atoms with van der Waals surface area (Å²) in [4.78, 5) is 0. The van der Waals surface area contributed by atoms with E-state index in [0.29, 0.717) is 5.92 Å². The van der Waals surface area contributed by atoms with Gasteiger partial charge in [0.1, 0.15) is 5.82 Å². The van der Waals surface area contributed by atoms with Gasteiger partial charge in [-0.1, -0.05) is 26.0 Å². The smallest absolute Gasteiger partial charge is 0.123 e. The zero-order chi connectivity index (χ0) is 9.84. The molecule has 1 aromatic rings. The van der Waals surface area contributed by atoms with Crippen LogP contribution in [0.5, 0.6) is 0 Å². The van der Waals surface area contributed by atoms with E-state index in [2.05, 4.69) is 13.8 Å². The predicted molar refractivity (Wildman–Crippen MR) is 52.9 cm³/mol. The van der Waals surface area contributed by atoms with Crippen molar-refractivity contribution in [1.29, 1.82) is 0 Å². The summed E-state index contributed by atoms with van der Waals surface area (Å²) < 4.78 is 12.6. The van der Waals surface area contributed by atoms with E-state index in [-0.39, 0.29) is 11.9 Å². The first-order valence-corrected chi connectivity index (χ1v) is 4.59. The Hall–Kier alpha value is -0.890. The minimum Gasteiger partial charge on any atom is -0.327 e. The highest BCUT2D eigenvalue weighted by molar-refractivity contribution is 5.17. The molecule has 13 heavy (non-hydrogen) atoms. The van der Waals surface area contributed by atoms with Gasteiger partial charge in [0, 0.05) is 6.04 Å². The van der Waals surface area contributed by atoms with E-state index in [4.69, 9.17) is 5.73 Å². The second-order valence-electron chi connectivity index (χ2n) is 3.74. The quantitative estimate of drug-likeness (QED) is 0.761. The average molecular weight is 181 g/mol. The van der Waals surface area contributed by atoms with Gasteiger partial charge in [0.25, 0.3) is 0 Å². The Morgan fingerprint density at radius 1 is 1.23 bits per heavy atom. The van der Waals surface area contributed by atoms with Crippen molar-refractivity contribution in [3.63, 3.8) is 0 Å². The summed E-state index contributed by atoms with van der Waals surface area (Å²) in [6.45, 7) is 4.18. The number of hydrogen-bond acceptors (Lipinski definition) is 1. The number of rotatable bonds is 3. The molecule has 0 heterocycles. The van der Waals surface area contributed by atoms with Gasteiger partial charge in [-0.2, -0.15) is 0 Å². The van der Waals surface area contributed by atoms with Crippen LogP contribution in [0.1, 0.15) is 19.4 Å². The van der Waals surface area contributed by atoms with Gasteiger partial charge in [0.15, 0.2) is 0 Å². The minimum atomic E-state index is -0.193. The highest BCUT2D eigenvalue weighted by atomic mass is 19.1. The fourth-order valence-electron chi connectivity index (χ4n) is 1.13. The van der Waals surface area contributed by atoms with Crippen LogP contribution in [0.2, 0.25) is 0 Å². The Morgan fingerprint density at radius 3 is 2.23 bits per heavy atom. The summed E-state index contributed by atoms with van der Waals surface area (Å²) in [5, 5.41) is 0. The molecule has 1 nitrogen and oxygen atoms in total. The molecule has 0 aliphatic heterocycles. The van der Waals surface area contributed by atoms with E-state index in [9.17, 15) is 4.39 Å². The molecule has 0 aromatic heterocycles. The van der Waals surface area contributed by atoms with E-state index < -0.39 is 0 Å². The van der Waals surface area contributed by atoms with E-state index in [0.717, 1.165) is 12.0 Å². The van der Waals surface area contributed by atoms with Crippen molar-refractivity contribution >= 4 is 0 Å². The topological polar surface area (TPSA) is 26.0 Å². The van der Waals surface area contributed by atoms with Crippen molar-refractivity contribution in [1.82, 2.24) is 0 Å². The molecule has 0 spiro atoms. The average Bonchev–Trinajstić information content (AvgIpc) is 2.08. The number of halogens is 1. The van der Waals surface area contributed by atoms with Gasteiger partial charge in [-0.25, -0.2) is 4.39 Å². The molecule has 0 aliphatic rings. The molecule has 2 heteroatoms. The van der Waals surface area contributed by atoms with Gasteiger partial charge < -0.3 is 5.73 Å². The Morgan fingerprint density at radius 2 is 1.77 bits per heavy atom. The molecule has 0 unspecified atom stereocenters. The highest BCUT2D eigenvalue weighted by Gasteiger charge is 2.07. The molecule has 1 aromatic carbocycles. The Labute approximate surface area is 78.8 Å². The molecule has 2 N–H and O–H groups in total. The van der Waals surface area contributed by atoms with Crippen molar-refractivity contribution in [2.45, 2.75) is 26.3 Å². The Kier molecular flexibility index (Phi) is 3.43. The van der Waals surface area contributed by atoms with Gasteiger partial charge in [-0.15, -0.1) is 0 Å². The van der Waals surface area contributed by atoms with Crippen molar-refractivity contribution in [3.05, 3.63) is 35.6 Å². The third-order valence-electron chi connectivity index (χ3n) is 2.24. The number of nitrogens with two attached hydrogens (primary N) is 1. The Bertz CT molecular complexity index is 253. The minimum absolute atomic E-state index is 0.158. The van der Waals surface area contributed by atoms with Gasteiger partial charge >= 0.3 is 0 Å². The summed E-state index contributed by atoms with van der Waals surface area (Å²) in [5.41, 5.74) is 6.99. The number of benzene rings is 1. The van der Waals surface area contributed by atoms with Crippen molar-refractivity contribution in [2.75, 3.05) is 0 Å². The zero-order valence-corrected chi connectivity index (χ0v) is 8.13. The van der Waals surface area contributed by atoms with E-state index >= 15 is 0 Å². The van der Waals surface area contributed by atoms with Crippen LogP contribution in [0.4, 0.5) is 4.39 Å². The molecule has 0 saturated carbocycles. The van der Waals surface area contributed by atoms with Crippen LogP contribution in [0.3, 0.4) is 0 Å². The van der Waals surface area contributed by atoms with Crippen molar-refractivity contribution < 1.29 is 4.39 Å². The van der Waals surface area contributed by atoms with Gasteiger partial charge in [0.2, 0.25) is 0 Å². The lowest BCUT2D eigenvalue weighted by molar-refractivity contribution is 0.490. The third kappa shape index (κ3) is 3.15. The molecular formula is C11H16FN. The molecule has 0 radical (unpaired) electrons. The second-order valence-corrected chi connectivity index (χ2v) is 3.74. The monoisotopic (exact) mass is 181 g/mol. The second kappa shape index (κ2) is 4.38. The van der Waals surface area contributed by atoms with Crippen LogP contribution in [-0.4, -0.2) is 6.04 Å². The molecule has 72 valence electrons. The number of hydrogen-bond donors (Lipinski definition) is 1. The first-order valence-electron chi connectivity index (χ1n) is 4.59. The molecular weight excluding hydrogens is 165 g/mol.